The van der Waals surface area contributed by atoms with Crippen molar-refractivity contribution in [2.45, 2.75) is 89.4 Å². The largest absolute Gasteiger partial charge is 0.469 e. The van der Waals surface area contributed by atoms with Crippen LogP contribution in [0, 0.1) is 6.92 Å². The Morgan fingerprint density at radius 2 is 1.44 bits per heavy atom. The number of hydrogen-bond donors (Lipinski definition) is 2. The average Bonchev–Trinajstić information content (AvgIpc) is 3.23. The number of benzene rings is 1. The van der Waals surface area contributed by atoms with Crippen molar-refractivity contribution in [1.82, 2.24) is 0 Å². The van der Waals surface area contributed by atoms with Gasteiger partial charge in [-0.15, -0.1) is 0 Å². The van der Waals surface area contributed by atoms with Crippen molar-refractivity contribution < 1.29 is 4.42 Å². The molecule has 1 heterocycles. The molecule has 2 fully saturated rings. The highest BCUT2D eigenvalue weighted by Gasteiger charge is 2.30. The highest BCUT2D eigenvalue weighted by Crippen LogP contribution is 2.48. The van der Waals surface area contributed by atoms with E-state index in [9.17, 15) is 0 Å². The molecule has 2 aliphatic carbocycles. The lowest BCUT2D eigenvalue weighted by Crippen LogP contribution is -2.19. The van der Waals surface area contributed by atoms with E-state index in [4.69, 9.17) is 15.9 Å². The second kappa shape index (κ2) is 8.00. The zero-order valence-corrected chi connectivity index (χ0v) is 16.7. The second-order valence-corrected chi connectivity index (χ2v) is 8.68. The molecule has 0 bridgehead atoms. The normalized spacial score (nSPS) is 19.4. The third-order valence-electron chi connectivity index (χ3n) is 7.00. The van der Waals surface area contributed by atoms with E-state index in [0.29, 0.717) is 11.8 Å². The first-order valence-electron chi connectivity index (χ1n) is 10.9. The first-order valence-corrected chi connectivity index (χ1v) is 10.9. The Morgan fingerprint density at radius 1 is 0.852 bits per heavy atom. The quantitative estimate of drug-likeness (QED) is 0.612. The summed E-state index contributed by atoms with van der Waals surface area (Å²) < 4.78 is 5.70. The highest BCUT2D eigenvalue weighted by molar-refractivity contribution is 5.73. The molecule has 0 atom stereocenters. The summed E-state index contributed by atoms with van der Waals surface area (Å²) in [5.41, 5.74) is 20.6. The monoisotopic (exact) mass is 366 g/mol. The molecule has 1 aromatic heterocycles. The fourth-order valence-electron chi connectivity index (χ4n) is 5.49. The summed E-state index contributed by atoms with van der Waals surface area (Å²) in [4.78, 5) is 0. The van der Waals surface area contributed by atoms with E-state index in [1.807, 2.05) is 6.07 Å². The standard InChI is InChI=1S/C24H34N2O/c1-16-23(25)20(15-19-13-8-14-27-19)21(17-9-4-2-5-10-17)22(24(16)26)18-11-6-3-7-12-18/h8,13-14,17-18H,2-7,9-12,15,25-26H2,1H3. The first kappa shape index (κ1) is 18.5. The first-order chi connectivity index (χ1) is 13.2. The SMILES string of the molecule is Cc1c(N)c(Cc2ccco2)c(C2CCCCC2)c(C2CCCCC2)c1N. The molecule has 4 N–H and O–H groups in total. The molecule has 1 aromatic carbocycles. The van der Waals surface area contributed by atoms with Crippen LogP contribution in [-0.4, -0.2) is 0 Å². The van der Waals surface area contributed by atoms with Gasteiger partial charge in [-0.05, 0) is 78.8 Å². The van der Waals surface area contributed by atoms with Crippen LogP contribution in [0.1, 0.15) is 104 Å². The minimum atomic E-state index is 0.602. The van der Waals surface area contributed by atoms with Crippen LogP contribution < -0.4 is 11.5 Å². The van der Waals surface area contributed by atoms with Crippen molar-refractivity contribution in [1.29, 1.82) is 0 Å². The van der Waals surface area contributed by atoms with E-state index in [-0.39, 0.29) is 0 Å². The number of nitrogen functional groups attached to an aromatic ring is 2. The lowest BCUT2D eigenvalue weighted by atomic mass is 9.72. The summed E-state index contributed by atoms with van der Waals surface area (Å²) in [6.45, 7) is 2.10. The predicted octanol–water partition coefficient (Wildman–Crippen LogP) is 6.44. The Kier molecular flexibility index (Phi) is 5.47. The number of rotatable bonds is 4. The van der Waals surface area contributed by atoms with Gasteiger partial charge in [0.2, 0.25) is 0 Å². The smallest absolute Gasteiger partial charge is 0.108 e. The molecule has 2 aromatic rings. The molecular formula is C24H34N2O. The fraction of sp³-hybridized carbons (Fsp3) is 0.583. The lowest BCUT2D eigenvalue weighted by Gasteiger charge is -2.34. The number of anilines is 2. The Hall–Kier alpha value is -1.90. The van der Waals surface area contributed by atoms with Gasteiger partial charge in [0.1, 0.15) is 5.76 Å². The van der Waals surface area contributed by atoms with E-state index in [0.717, 1.165) is 29.1 Å². The molecule has 146 valence electrons. The van der Waals surface area contributed by atoms with Crippen molar-refractivity contribution in [3.05, 3.63) is 46.4 Å². The summed E-state index contributed by atoms with van der Waals surface area (Å²) in [6, 6.07) is 4.04. The molecule has 0 unspecified atom stereocenters. The van der Waals surface area contributed by atoms with Crippen LogP contribution in [0.5, 0.6) is 0 Å². The number of hydrogen-bond acceptors (Lipinski definition) is 3. The van der Waals surface area contributed by atoms with Crippen LogP contribution in [0.3, 0.4) is 0 Å². The highest BCUT2D eigenvalue weighted by atomic mass is 16.3. The Labute approximate surface area is 163 Å². The van der Waals surface area contributed by atoms with Crippen molar-refractivity contribution in [3.8, 4) is 0 Å². The maximum atomic E-state index is 6.76. The summed E-state index contributed by atoms with van der Waals surface area (Å²) in [5.74, 6) is 2.20. The molecule has 0 spiro atoms. The van der Waals surface area contributed by atoms with Crippen molar-refractivity contribution >= 4 is 11.4 Å². The topological polar surface area (TPSA) is 65.2 Å². The second-order valence-electron chi connectivity index (χ2n) is 8.68. The van der Waals surface area contributed by atoms with Crippen LogP contribution in [0.15, 0.2) is 22.8 Å². The van der Waals surface area contributed by atoms with Gasteiger partial charge in [0.15, 0.2) is 0 Å². The fourth-order valence-corrected chi connectivity index (χ4v) is 5.49. The molecule has 2 aliphatic rings. The van der Waals surface area contributed by atoms with Gasteiger partial charge in [-0.3, -0.25) is 0 Å². The molecular weight excluding hydrogens is 332 g/mol. The van der Waals surface area contributed by atoms with E-state index >= 15 is 0 Å². The third-order valence-corrected chi connectivity index (χ3v) is 7.00. The van der Waals surface area contributed by atoms with Gasteiger partial charge >= 0.3 is 0 Å². The molecule has 0 amide bonds. The molecule has 0 radical (unpaired) electrons. The van der Waals surface area contributed by atoms with E-state index in [1.54, 1.807) is 6.26 Å². The molecule has 2 saturated carbocycles. The van der Waals surface area contributed by atoms with Crippen molar-refractivity contribution in [2.75, 3.05) is 11.5 Å². The third kappa shape index (κ3) is 3.61. The average molecular weight is 367 g/mol. The van der Waals surface area contributed by atoms with Gasteiger partial charge in [0, 0.05) is 17.8 Å². The Bertz CT molecular complexity index is 766. The zero-order valence-electron chi connectivity index (χ0n) is 16.7. The minimum absolute atomic E-state index is 0.602. The van der Waals surface area contributed by atoms with Gasteiger partial charge < -0.3 is 15.9 Å². The molecule has 0 aliphatic heterocycles. The maximum Gasteiger partial charge on any atom is 0.108 e. The Morgan fingerprint density at radius 3 is 2.00 bits per heavy atom. The lowest BCUT2D eigenvalue weighted by molar-refractivity contribution is 0.417. The predicted molar refractivity (Wildman–Crippen MR) is 113 cm³/mol. The van der Waals surface area contributed by atoms with Gasteiger partial charge in [-0.25, -0.2) is 0 Å². The van der Waals surface area contributed by atoms with Crippen LogP contribution in [0.4, 0.5) is 11.4 Å². The summed E-state index contributed by atoms with van der Waals surface area (Å²) in [6.07, 6.45) is 15.6. The number of furan rings is 1. The van der Waals surface area contributed by atoms with E-state index in [2.05, 4.69) is 13.0 Å². The van der Waals surface area contributed by atoms with Crippen molar-refractivity contribution in [3.63, 3.8) is 0 Å². The summed E-state index contributed by atoms with van der Waals surface area (Å²) >= 11 is 0. The van der Waals surface area contributed by atoms with E-state index < -0.39 is 0 Å². The summed E-state index contributed by atoms with van der Waals surface area (Å²) in [7, 11) is 0. The molecule has 4 rings (SSSR count). The van der Waals surface area contributed by atoms with Gasteiger partial charge in [-0.1, -0.05) is 38.5 Å². The van der Waals surface area contributed by atoms with Gasteiger partial charge in [0.25, 0.3) is 0 Å². The Balaban J connectivity index is 1.88. The van der Waals surface area contributed by atoms with Crippen molar-refractivity contribution in [2.24, 2.45) is 0 Å². The van der Waals surface area contributed by atoms with Crippen LogP contribution in [0.25, 0.3) is 0 Å². The van der Waals surface area contributed by atoms with Crippen LogP contribution in [-0.2, 0) is 6.42 Å². The molecule has 0 saturated heterocycles. The molecule has 3 heteroatoms. The zero-order chi connectivity index (χ0) is 18.8. The number of nitrogens with two attached hydrogens (primary N) is 2. The molecule has 27 heavy (non-hydrogen) atoms. The van der Waals surface area contributed by atoms with Crippen LogP contribution >= 0.6 is 0 Å². The van der Waals surface area contributed by atoms with Gasteiger partial charge in [0.05, 0.1) is 6.26 Å². The van der Waals surface area contributed by atoms with Crippen LogP contribution in [0.2, 0.25) is 0 Å². The van der Waals surface area contributed by atoms with E-state index in [1.165, 1.54) is 80.9 Å². The molecule has 3 nitrogen and oxygen atoms in total. The maximum absolute atomic E-state index is 6.76. The minimum Gasteiger partial charge on any atom is -0.469 e. The van der Waals surface area contributed by atoms with Gasteiger partial charge in [-0.2, -0.15) is 0 Å². The summed E-state index contributed by atoms with van der Waals surface area (Å²) in [5, 5.41) is 0.